The second-order valence-corrected chi connectivity index (χ2v) is 8.01. The second-order valence-electron chi connectivity index (χ2n) is 6.33. The minimum atomic E-state index is -4.23. The van der Waals surface area contributed by atoms with Crippen molar-refractivity contribution in [3.63, 3.8) is 0 Å². The normalized spacial score (nSPS) is 10.9. The first-order valence-corrected chi connectivity index (χ1v) is 10.5. The van der Waals surface area contributed by atoms with Crippen LogP contribution < -0.4 is 19.5 Å². The molecule has 0 aliphatic rings. The van der Waals surface area contributed by atoms with Crippen LogP contribution in [0.1, 0.15) is 15.9 Å². The van der Waals surface area contributed by atoms with E-state index in [1.807, 2.05) is 0 Å². The second kappa shape index (κ2) is 9.43. The van der Waals surface area contributed by atoms with E-state index >= 15 is 0 Å². The predicted molar refractivity (Wildman–Crippen MR) is 112 cm³/mol. The van der Waals surface area contributed by atoms with E-state index in [1.165, 1.54) is 38.5 Å². The van der Waals surface area contributed by atoms with Gasteiger partial charge < -0.3 is 14.8 Å². The van der Waals surface area contributed by atoms with Gasteiger partial charge in [-0.2, -0.15) is 0 Å². The van der Waals surface area contributed by atoms with Crippen molar-refractivity contribution in [2.45, 2.75) is 11.4 Å². The number of nitrogens with zero attached hydrogens (tertiary/aromatic N) is 1. The predicted octanol–water partition coefficient (Wildman–Crippen LogP) is 2.97. The van der Waals surface area contributed by atoms with E-state index in [9.17, 15) is 17.6 Å². The summed E-state index contributed by atoms with van der Waals surface area (Å²) in [5, 5.41) is 2.70. The lowest BCUT2D eigenvalue weighted by atomic mass is 10.1. The maximum absolute atomic E-state index is 13.9. The van der Waals surface area contributed by atoms with Crippen LogP contribution in [-0.4, -0.2) is 33.5 Å². The van der Waals surface area contributed by atoms with Gasteiger partial charge in [0.15, 0.2) is 11.5 Å². The summed E-state index contributed by atoms with van der Waals surface area (Å²) < 4.78 is 52.3. The van der Waals surface area contributed by atoms with Crippen LogP contribution in [-0.2, 0) is 16.6 Å². The fourth-order valence-electron chi connectivity index (χ4n) is 2.79. The molecule has 0 atom stereocenters. The minimum Gasteiger partial charge on any atom is -0.493 e. The summed E-state index contributed by atoms with van der Waals surface area (Å²) in [6, 6.07) is 11.2. The maximum Gasteiger partial charge on any atom is 0.262 e. The standard InChI is InChI=1S/C21H20FN3O5S/c1-29-19-12-15(31(27,28)25-18-6-4-3-5-17(18)22)11-16(20(19)30-2)21(26)24-13-14-7-9-23-10-8-14/h3-12,25H,13H2,1-2H3,(H,24,26). The van der Waals surface area contributed by atoms with Crippen LogP contribution in [0.4, 0.5) is 10.1 Å². The van der Waals surface area contributed by atoms with E-state index in [0.717, 1.165) is 17.7 Å². The molecule has 3 rings (SSSR count). The average molecular weight is 445 g/mol. The number of aromatic nitrogens is 1. The molecule has 0 spiro atoms. The third-order valence-corrected chi connectivity index (χ3v) is 5.67. The quantitative estimate of drug-likeness (QED) is 0.552. The number of para-hydroxylation sites is 1. The van der Waals surface area contributed by atoms with Crippen LogP contribution in [0, 0.1) is 5.82 Å². The highest BCUT2D eigenvalue weighted by Crippen LogP contribution is 2.35. The topological polar surface area (TPSA) is 107 Å². The van der Waals surface area contributed by atoms with Crippen molar-refractivity contribution in [3.8, 4) is 11.5 Å². The van der Waals surface area contributed by atoms with Gasteiger partial charge in [-0.25, -0.2) is 12.8 Å². The van der Waals surface area contributed by atoms with Gasteiger partial charge in [-0.05, 0) is 35.9 Å². The molecule has 0 radical (unpaired) electrons. The summed E-state index contributed by atoms with van der Waals surface area (Å²) in [5.74, 6) is -1.20. The van der Waals surface area contributed by atoms with E-state index in [1.54, 1.807) is 24.5 Å². The van der Waals surface area contributed by atoms with Crippen LogP contribution >= 0.6 is 0 Å². The number of benzene rings is 2. The van der Waals surface area contributed by atoms with Gasteiger partial charge in [0.2, 0.25) is 0 Å². The van der Waals surface area contributed by atoms with Crippen molar-refractivity contribution in [2.75, 3.05) is 18.9 Å². The monoisotopic (exact) mass is 445 g/mol. The number of halogens is 1. The van der Waals surface area contributed by atoms with Gasteiger partial charge in [0.25, 0.3) is 15.9 Å². The number of pyridine rings is 1. The van der Waals surface area contributed by atoms with Crippen LogP contribution in [0.3, 0.4) is 0 Å². The Hall–Kier alpha value is -3.66. The molecule has 2 N–H and O–H groups in total. The molecule has 10 heteroatoms. The number of rotatable bonds is 8. The van der Waals surface area contributed by atoms with Crippen LogP contribution in [0.5, 0.6) is 11.5 Å². The van der Waals surface area contributed by atoms with Crippen molar-refractivity contribution in [1.29, 1.82) is 0 Å². The Kier molecular flexibility index (Phi) is 6.71. The molecule has 162 valence electrons. The number of nitrogens with one attached hydrogen (secondary N) is 2. The lowest BCUT2D eigenvalue weighted by Gasteiger charge is -2.16. The van der Waals surface area contributed by atoms with Crippen LogP contribution in [0.2, 0.25) is 0 Å². The zero-order valence-corrected chi connectivity index (χ0v) is 17.6. The summed E-state index contributed by atoms with van der Waals surface area (Å²) in [4.78, 5) is 16.4. The summed E-state index contributed by atoms with van der Waals surface area (Å²) in [6.07, 6.45) is 3.18. The molecule has 0 aliphatic heterocycles. The molecule has 0 aliphatic carbocycles. The highest BCUT2D eigenvalue weighted by atomic mass is 32.2. The Balaban J connectivity index is 1.96. The number of amides is 1. The van der Waals surface area contributed by atoms with Crippen molar-refractivity contribution in [2.24, 2.45) is 0 Å². The summed E-state index contributed by atoms with van der Waals surface area (Å²) >= 11 is 0. The smallest absolute Gasteiger partial charge is 0.262 e. The number of carbonyl (C=O) groups excluding carboxylic acids is 1. The largest absolute Gasteiger partial charge is 0.493 e. The molecule has 1 aromatic heterocycles. The van der Waals surface area contributed by atoms with Gasteiger partial charge in [-0.15, -0.1) is 0 Å². The lowest BCUT2D eigenvalue weighted by molar-refractivity contribution is 0.0947. The number of hydrogen-bond donors (Lipinski definition) is 2. The van der Waals surface area contributed by atoms with E-state index in [2.05, 4.69) is 15.0 Å². The molecule has 0 bridgehead atoms. The van der Waals surface area contributed by atoms with Crippen LogP contribution in [0.15, 0.2) is 65.8 Å². The molecule has 0 fully saturated rings. The molecular formula is C21H20FN3O5S. The van der Waals surface area contributed by atoms with Crippen LogP contribution in [0.25, 0.3) is 0 Å². The van der Waals surface area contributed by atoms with Crippen molar-refractivity contribution in [1.82, 2.24) is 10.3 Å². The summed E-state index contributed by atoms with van der Waals surface area (Å²) in [7, 11) is -1.58. The highest BCUT2D eigenvalue weighted by molar-refractivity contribution is 7.92. The highest BCUT2D eigenvalue weighted by Gasteiger charge is 2.24. The van der Waals surface area contributed by atoms with Crippen molar-refractivity contribution < 1.29 is 27.1 Å². The number of sulfonamides is 1. The van der Waals surface area contributed by atoms with E-state index < -0.39 is 21.7 Å². The first-order valence-electron chi connectivity index (χ1n) is 9.06. The lowest BCUT2D eigenvalue weighted by Crippen LogP contribution is -2.24. The van der Waals surface area contributed by atoms with Gasteiger partial charge in [0.1, 0.15) is 5.82 Å². The van der Waals surface area contributed by atoms with Gasteiger partial charge >= 0.3 is 0 Å². The molecule has 0 saturated carbocycles. The Morgan fingerprint density at radius 2 is 1.77 bits per heavy atom. The molecule has 1 heterocycles. The summed E-state index contributed by atoms with van der Waals surface area (Å²) in [6.45, 7) is 0.192. The van der Waals surface area contributed by atoms with Gasteiger partial charge in [0.05, 0.1) is 30.4 Å². The zero-order chi connectivity index (χ0) is 22.4. The molecule has 0 unspecified atom stereocenters. The van der Waals surface area contributed by atoms with E-state index in [-0.39, 0.29) is 34.2 Å². The number of methoxy groups -OCH3 is 2. The average Bonchev–Trinajstić information content (AvgIpc) is 2.78. The zero-order valence-electron chi connectivity index (χ0n) is 16.8. The number of ether oxygens (including phenoxy) is 2. The minimum absolute atomic E-state index is 0.0352. The fraction of sp³-hybridized carbons (Fsp3) is 0.143. The van der Waals surface area contributed by atoms with Gasteiger partial charge in [-0.1, -0.05) is 12.1 Å². The third-order valence-electron chi connectivity index (χ3n) is 4.33. The first kappa shape index (κ1) is 22.0. The molecule has 2 aromatic carbocycles. The molecule has 0 saturated heterocycles. The SMILES string of the molecule is COc1cc(S(=O)(=O)Nc2ccccc2F)cc(C(=O)NCc2ccncc2)c1OC. The number of hydrogen-bond acceptors (Lipinski definition) is 6. The summed E-state index contributed by atoms with van der Waals surface area (Å²) in [5.41, 5.74) is 0.532. The van der Waals surface area contributed by atoms with Gasteiger partial charge in [0, 0.05) is 25.0 Å². The fourth-order valence-corrected chi connectivity index (χ4v) is 3.90. The Morgan fingerprint density at radius 1 is 1.06 bits per heavy atom. The maximum atomic E-state index is 13.9. The van der Waals surface area contributed by atoms with E-state index in [4.69, 9.17) is 9.47 Å². The van der Waals surface area contributed by atoms with Crippen molar-refractivity contribution in [3.05, 3.63) is 77.9 Å². The Morgan fingerprint density at radius 3 is 2.42 bits per heavy atom. The first-order chi connectivity index (χ1) is 14.9. The number of anilines is 1. The third kappa shape index (κ3) is 5.10. The Labute approximate surface area is 179 Å². The van der Waals surface area contributed by atoms with Crippen molar-refractivity contribution >= 4 is 21.6 Å². The molecule has 3 aromatic rings. The molecular weight excluding hydrogens is 425 g/mol. The number of carbonyl (C=O) groups is 1. The van der Waals surface area contributed by atoms with E-state index in [0.29, 0.717) is 0 Å². The molecule has 31 heavy (non-hydrogen) atoms. The molecule has 1 amide bonds. The Bertz CT molecular complexity index is 1190. The van der Waals surface area contributed by atoms with Gasteiger partial charge in [-0.3, -0.25) is 14.5 Å². The molecule has 8 nitrogen and oxygen atoms in total.